The SMILES string of the molecule is c1ccc(-c2cc(-c3ccccc3)c(CCCCc3[nH]c(-c4ccccc4)cc3-c3ccccc3)[nH]2)cc1. The van der Waals surface area contributed by atoms with Gasteiger partial charge in [-0.2, -0.15) is 0 Å². The second-order valence-corrected chi connectivity index (χ2v) is 9.82. The molecule has 6 rings (SSSR count). The monoisotopic (exact) mass is 492 g/mol. The maximum Gasteiger partial charge on any atom is 0.0462 e. The lowest BCUT2D eigenvalue weighted by atomic mass is 10.00. The summed E-state index contributed by atoms with van der Waals surface area (Å²) in [6.45, 7) is 0. The molecule has 4 aromatic carbocycles. The molecule has 38 heavy (non-hydrogen) atoms. The third-order valence-corrected chi connectivity index (χ3v) is 7.24. The lowest BCUT2D eigenvalue weighted by Gasteiger charge is -2.07. The maximum absolute atomic E-state index is 3.75. The van der Waals surface area contributed by atoms with E-state index >= 15 is 0 Å². The van der Waals surface area contributed by atoms with Crippen LogP contribution in [0.25, 0.3) is 44.8 Å². The molecule has 0 amide bonds. The lowest BCUT2D eigenvalue weighted by Crippen LogP contribution is -1.94. The summed E-state index contributed by atoms with van der Waals surface area (Å²) in [7, 11) is 0. The molecule has 0 unspecified atom stereocenters. The van der Waals surface area contributed by atoms with Crippen LogP contribution in [0.4, 0.5) is 0 Å². The molecule has 0 saturated carbocycles. The van der Waals surface area contributed by atoms with Crippen molar-refractivity contribution in [1.82, 2.24) is 9.97 Å². The predicted octanol–water partition coefficient (Wildman–Crippen LogP) is 9.58. The number of H-pyrrole nitrogens is 2. The fourth-order valence-corrected chi connectivity index (χ4v) is 5.29. The summed E-state index contributed by atoms with van der Waals surface area (Å²) in [5.74, 6) is 0. The molecule has 0 spiro atoms. The summed E-state index contributed by atoms with van der Waals surface area (Å²) in [4.78, 5) is 7.50. The Labute approximate surface area is 225 Å². The highest BCUT2D eigenvalue weighted by Crippen LogP contribution is 2.33. The fraction of sp³-hybridized carbons (Fsp3) is 0.111. The number of nitrogens with one attached hydrogen (secondary N) is 2. The Bertz CT molecular complexity index is 1450. The average Bonchev–Trinajstić information content (AvgIpc) is 3.62. The third kappa shape index (κ3) is 5.26. The number of hydrogen-bond donors (Lipinski definition) is 2. The van der Waals surface area contributed by atoms with Gasteiger partial charge in [-0.1, -0.05) is 121 Å². The number of aryl methyl sites for hydroxylation is 2. The van der Waals surface area contributed by atoms with Crippen molar-refractivity contribution < 1.29 is 0 Å². The second kappa shape index (κ2) is 11.2. The van der Waals surface area contributed by atoms with E-state index in [9.17, 15) is 0 Å². The molecule has 0 aliphatic carbocycles. The van der Waals surface area contributed by atoms with Gasteiger partial charge < -0.3 is 9.97 Å². The number of aromatic nitrogens is 2. The van der Waals surface area contributed by atoms with E-state index < -0.39 is 0 Å². The van der Waals surface area contributed by atoms with E-state index in [0.717, 1.165) is 25.7 Å². The smallest absolute Gasteiger partial charge is 0.0462 e. The van der Waals surface area contributed by atoms with Crippen LogP contribution in [-0.4, -0.2) is 9.97 Å². The minimum absolute atomic E-state index is 1.02. The predicted molar refractivity (Wildman–Crippen MR) is 160 cm³/mol. The van der Waals surface area contributed by atoms with E-state index in [-0.39, 0.29) is 0 Å². The van der Waals surface area contributed by atoms with Crippen molar-refractivity contribution in [3.63, 3.8) is 0 Å². The van der Waals surface area contributed by atoms with E-state index in [0.29, 0.717) is 0 Å². The first-order chi connectivity index (χ1) is 18.8. The van der Waals surface area contributed by atoms with Crippen LogP contribution < -0.4 is 0 Å². The van der Waals surface area contributed by atoms with Crippen LogP contribution >= 0.6 is 0 Å². The van der Waals surface area contributed by atoms with E-state index in [4.69, 9.17) is 0 Å². The van der Waals surface area contributed by atoms with Crippen molar-refractivity contribution in [3.8, 4) is 44.8 Å². The molecule has 0 fully saturated rings. The summed E-state index contributed by atoms with van der Waals surface area (Å²) >= 11 is 0. The third-order valence-electron chi connectivity index (χ3n) is 7.24. The van der Waals surface area contributed by atoms with E-state index in [1.807, 2.05) is 0 Å². The van der Waals surface area contributed by atoms with Gasteiger partial charge in [0.05, 0.1) is 0 Å². The number of rotatable bonds is 9. The van der Waals surface area contributed by atoms with Gasteiger partial charge in [0.1, 0.15) is 0 Å². The van der Waals surface area contributed by atoms with Crippen molar-refractivity contribution >= 4 is 0 Å². The zero-order valence-electron chi connectivity index (χ0n) is 21.5. The van der Waals surface area contributed by atoms with E-state index in [1.165, 1.54) is 56.2 Å². The van der Waals surface area contributed by atoms with Crippen molar-refractivity contribution in [2.75, 3.05) is 0 Å². The molecule has 6 aromatic rings. The Morgan fingerprint density at radius 1 is 0.368 bits per heavy atom. The Hall–Kier alpha value is -4.56. The molecular weight excluding hydrogens is 460 g/mol. The normalized spacial score (nSPS) is 11.1. The fourth-order valence-electron chi connectivity index (χ4n) is 5.29. The van der Waals surface area contributed by atoms with Gasteiger partial charge in [-0.3, -0.25) is 0 Å². The largest absolute Gasteiger partial charge is 0.358 e. The van der Waals surface area contributed by atoms with Gasteiger partial charge in [-0.05, 0) is 60.1 Å². The molecule has 2 aromatic heterocycles. The van der Waals surface area contributed by atoms with E-state index in [2.05, 4.69) is 143 Å². The molecule has 2 heteroatoms. The van der Waals surface area contributed by atoms with Gasteiger partial charge in [-0.25, -0.2) is 0 Å². The number of aromatic amines is 2. The summed E-state index contributed by atoms with van der Waals surface area (Å²) < 4.78 is 0. The van der Waals surface area contributed by atoms with Crippen molar-refractivity contribution in [2.24, 2.45) is 0 Å². The molecule has 2 N–H and O–H groups in total. The molecule has 0 radical (unpaired) electrons. The van der Waals surface area contributed by atoms with Gasteiger partial charge in [0.2, 0.25) is 0 Å². The summed E-state index contributed by atoms with van der Waals surface area (Å²) in [5, 5.41) is 0. The summed E-state index contributed by atoms with van der Waals surface area (Å²) in [5.41, 5.74) is 12.6. The Kier molecular flexibility index (Phi) is 7.04. The first kappa shape index (κ1) is 23.8. The van der Waals surface area contributed by atoms with E-state index in [1.54, 1.807) is 0 Å². The van der Waals surface area contributed by atoms with Crippen LogP contribution in [0.3, 0.4) is 0 Å². The quantitative estimate of drug-likeness (QED) is 0.188. The number of unbranched alkanes of at least 4 members (excludes halogenated alkanes) is 1. The van der Waals surface area contributed by atoms with Crippen molar-refractivity contribution in [2.45, 2.75) is 25.7 Å². The first-order valence-electron chi connectivity index (χ1n) is 13.5. The summed E-state index contributed by atoms with van der Waals surface area (Å²) in [6.07, 6.45) is 4.26. The zero-order chi connectivity index (χ0) is 25.6. The maximum atomic E-state index is 3.75. The highest BCUT2D eigenvalue weighted by atomic mass is 14.7. The Balaban J connectivity index is 1.22. The highest BCUT2D eigenvalue weighted by molar-refractivity contribution is 5.75. The van der Waals surface area contributed by atoms with Gasteiger partial charge in [0, 0.05) is 33.9 Å². The van der Waals surface area contributed by atoms with Crippen LogP contribution in [0.5, 0.6) is 0 Å². The highest BCUT2D eigenvalue weighted by Gasteiger charge is 2.14. The molecule has 0 aliphatic rings. The standard InChI is InChI=1S/C36H32N2/c1-5-15-27(16-6-1)31-25-35(29-19-9-3-10-20-29)37-33(31)23-13-14-24-34-32(28-17-7-2-8-18-28)26-36(38-34)30-21-11-4-12-22-30/h1-12,15-22,25-26,37-38H,13-14,23-24H2. The summed E-state index contributed by atoms with van der Waals surface area (Å²) in [6, 6.07) is 47.3. The van der Waals surface area contributed by atoms with Gasteiger partial charge in [-0.15, -0.1) is 0 Å². The zero-order valence-corrected chi connectivity index (χ0v) is 21.5. The van der Waals surface area contributed by atoms with Gasteiger partial charge in [0.25, 0.3) is 0 Å². The number of benzene rings is 4. The van der Waals surface area contributed by atoms with Crippen molar-refractivity contribution in [3.05, 3.63) is 145 Å². The van der Waals surface area contributed by atoms with Crippen LogP contribution in [0.2, 0.25) is 0 Å². The Morgan fingerprint density at radius 3 is 1.03 bits per heavy atom. The molecular formula is C36H32N2. The first-order valence-corrected chi connectivity index (χ1v) is 13.5. The minimum atomic E-state index is 1.02. The molecule has 186 valence electrons. The van der Waals surface area contributed by atoms with Crippen LogP contribution in [-0.2, 0) is 12.8 Å². The average molecular weight is 493 g/mol. The van der Waals surface area contributed by atoms with Gasteiger partial charge >= 0.3 is 0 Å². The van der Waals surface area contributed by atoms with Gasteiger partial charge in [0.15, 0.2) is 0 Å². The van der Waals surface area contributed by atoms with Crippen LogP contribution in [0.15, 0.2) is 133 Å². The lowest BCUT2D eigenvalue weighted by molar-refractivity contribution is 0.719. The topological polar surface area (TPSA) is 31.6 Å². The molecule has 0 saturated heterocycles. The second-order valence-electron chi connectivity index (χ2n) is 9.82. The Morgan fingerprint density at radius 2 is 0.684 bits per heavy atom. The van der Waals surface area contributed by atoms with Crippen LogP contribution in [0, 0.1) is 0 Å². The molecule has 0 atom stereocenters. The number of hydrogen-bond acceptors (Lipinski definition) is 0. The molecule has 0 bridgehead atoms. The molecule has 0 aliphatic heterocycles. The van der Waals surface area contributed by atoms with Crippen molar-refractivity contribution in [1.29, 1.82) is 0 Å². The van der Waals surface area contributed by atoms with Crippen LogP contribution in [0.1, 0.15) is 24.2 Å². The molecule has 2 heterocycles. The minimum Gasteiger partial charge on any atom is -0.358 e. The molecule has 2 nitrogen and oxygen atoms in total.